The number of sulfonamides is 1. The molecule has 0 fully saturated rings. The number of nitro groups is 1. The first-order valence-electron chi connectivity index (χ1n) is 5.89. The number of rotatable bonds is 6. The van der Waals surface area contributed by atoms with E-state index in [9.17, 15) is 23.3 Å². The van der Waals surface area contributed by atoms with Gasteiger partial charge < -0.3 is 10.1 Å². The largest absolute Gasteiger partial charge is 0.489 e. The highest BCUT2D eigenvalue weighted by Gasteiger charge is 2.28. The van der Waals surface area contributed by atoms with Gasteiger partial charge in [-0.1, -0.05) is 6.92 Å². The molecule has 0 aromatic heterocycles. The molecule has 1 aromatic rings. The van der Waals surface area contributed by atoms with Crippen LogP contribution in [0.15, 0.2) is 17.0 Å². The molecule has 0 aliphatic carbocycles. The molecular weight excluding hydrogens is 302 g/mol. The van der Waals surface area contributed by atoms with Gasteiger partial charge in [-0.25, -0.2) is 13.6 Å². The summed E-state index contributed by atoms with van der Waals surface area (Å²) in [5, 5.41) is 18.5. The molecule has 1 aromatic carbocycles. The van der Waals surface area contributed by atoms with Gasteiger partial charge >= 0.3 is 5.69 Å². The highest BCUT2D eigenvalue weighted by atomic mass is 32.2. The van der Waals surface area contributed by atoms with E-state index in [1.54, 1.807) is 0 Å². The summed E-state index contributed by atoms with van der Waals surface area (Å²) in [5.41, 5.74) is -0.828. The van der Waals surface area contributed by atoms with Gasteiger partial charge in [-0.2, -0.15) is 0 Å². The molecule has 0 aliphatic rings. The Morgan fingerprint density at radius 1 is 1.48 bits per heavy atom. The number of hydrogen-bond acceptors (Lipinski definition) is 6. The normalized spacial score (nSPS) is 11.0. The number of ether oxygens (including phenoxy) is 1. The lowest BCUT2D eigenvalue weighted by Gasteiger charge is -2.10. The van der Waals surface area contributed by atoms with E-state index in [-0.39, 0.29) is 5.56 Å². The van der Waals surface area contributed by atoms with Crippen molar-refractivity contribution in [1.82, 2.24) is 5.32 Å². The number of carbonyl (C=O) groups excluding carboxylic acids is 1. The standard InChI is InChI=1S/C11H15N3O6S/c1-3-4-13-11(15)7-5-8(14(16)17)10(20-2)9(6-7)21(12,18)19/h5-6H,3-4H2,1-2H3,(H,13,15)(H2,12,18,19). The summed E-state index contributed by atoms with van der Waals surface area (Å²) < 4.78 is 27.8. The number of nitrogens with zero attached hydrogens (tertiary/aromatic N) is 1. The lowest BCUT2D eigenvalue weighted by atomic mass is 10.1. The number of nitrogens with two attached hydrogens (primary N) is 1. The summed E-state index contributed by atoms with van der Waals surface area (Å²) in [7, 11) is -3.21. The molecule has 21 heavy (non-hydrogen) atoms. The molecule has 0 atom stereocenters. The van der Waals surface area contributed by atoms with E-state index in [1.807, 2.05) is 6.92 Å². The zero-order valence-corrected chi connectivity index (χ0v) is 12.3. The van der Waals surface area contributed by atoms with Crippen LogP contribution >= 0.6 is 0 Å². The lowest BCUT2D eigenvalue weighted by Crippen LogP contribution is -2.25. The maximum Gasteiger partial charge on any atom is 0.313 e. The molecule has 0 unspecified atom stereocenters. The average Bonchev–Trinajstić information content (AvgIpc) is 2.41. The van der Waals surface area contributed by atoms with Crippen LogP contribution in [-0.4, -0.2) is 32.9 Å². The summed E-state index contributed by atoms with van der Waals surface area (Å²) in [5.74, 6) is -1.14. The quantitative estimate of drug-likeness (QED) is 0.574. The van der Waals surface area contributed by atoms with E-state index in [0.717, 1.165) is 19.2 Å². The summed E-state index contributed by atoms with van der Waals surface area (Å²) in [4.78, 5) is 21.4. The van der Waals surface area contributed by atoms with Crippen molar-refractivity contribution in [2.45, 2.75) is 18.2 Å². The zero-order valence-electron chi connectivity index (χ0n) is 11.5. The van der Waals surface area contributed by atoms with Crippen LogP contribution in [0.4, 0.5) is 5.69 Å². The van der Waals surface area contributed by atoms with Crippen LogP contribution in [0.25, 0.3) is 0 Å². The van der Waals surface area contributed by atoms with E-state index >= 15 is 0 Å². The fourth-order valence-electron chi connectivity index (χ4n) is 1.61. The van der Waals surface area contributed by atoms with E-state index < -0.39 is 37.2 Å². The Bertz CT molecular complexity index is 671. The average molecular weight is 317 g/mol. The summed E-state index contributed by atoms with van der Waals surface area (Å²) in [6.07, 6.45) is 0.659. The van der Waals surface area contributed by atoms with Crippen molar-refractivity contribution in [2.75, 3.05) is 13.7 Å². The van der Waals surface area contributed by atoms with Gasteiger partial charge in [0.15, 0.2) is 0 Å². The zero-order chi connectivity index (χ0) is 16.2. The Labute approximate surface area is 121 Å². The third kappa shape index (κ3) is 3.89. The summed E-state index contributed by atoms with van der Waals surface area (Å²) in [6, 6.07) is 1.89. The maximum absolute atomic E-state index is 11.8. The smallest absolute Gasteiger partial charge is 0.313 e. The second-order valence-electron chi connectivity index (χ2n) is 4.08. The van der Waals surface area contributed by atoms with Gasteiger partial charge in [0.25, 0.3) is 5.91 Å². The number of benzene rings is 1. The van der Waals surface area contributed by atoms with Crippen molar-refractivity contribution >= 4 is 21.6 Å². The Balaban J connectivity index is 3.53. The first-order chi connectivity index (χ1) is 9.72. The molecule has 3 N–H and O–H groups in total. The molecule has 0 saturated heterocycles. The molecule has 1 amide bonds. The lowest BCUT2D eigenvalue weighted by molar-refractivity contribution is -0.386. The van der Waals surface area contributed by atoms with E-state index in [4.69, 9.17) is 9.88 Å². The molecule has 0 spiro atoms. The Kier molecular flexibility index (Phi) is 5.22. The van der Waals surface area contributed by atoms with E-state index in [0.29, 0.717) is 13.0 Å². The minimum absolute atomic E-state index is 0.181. The van der Waals surface area contributed by atoms with Crippen LogP contribution in [0, 0.1) is 10.1 Å². The van der Waals surface area contributed by atoms with Crippen molar-refractivity contribution < 1.29 is 22.9 Å². The highest BCUT2D eigenvalue weighted by Crippen LogP contribution is 2.34. The molecule has 116 valence electrons. The number of nitro benzene ring substituents is 1. The predicted molar refractivity (Wildman–Crippen MR) is 73.6 cm³/mol. The second kappa shape index (κ2) is 6.50. The fourth-order valence-corrected chi connectivity index (χ4v) is 2.35. The molecule has 0 aliphatic heterocycles. The van der Waals surface area contributed by atoms with Gasteiger partial charge in [-0.3, -0.25) is 14.9 Å². The van der Waals surface area contributed by atoms with E-state index in [1.165, 1.54) is 0 Å². The van der Waals surface area contributed by atoms with Crippen LogP contribution in [0.3, 0.4) is 0 Å². The van der Waals surface area contributed by atoms with Crippen molar-refractivity contribution in [3.05, 3.63) is 27.8 Å². The Morgan fingerprint density at radius 3 is 2.52 bits per heavy atom. The first kappa shape index (κ1) is 16.9. The topological polar surface area (TPSA) is 142 Å². The number of nitrogens with one attached hydrogen (secondary N) is 1. The Morgan fingerprint density at radius 2 is 2.10 bits per heavy atom. The second-order valence-corrected chi connectivity index (χ2v) is 5.61. The van der Waals surface area contributed by atoms with Crippen molar-refractivity contribution in [2.24, 2.45) is 5.14 Å². The predicted octanol–water partition coefficient (Wildman–Crippen LogP) is 0.391. The van der Waals surface area contributed by atoms with Crippen LogP contribution in [-0.2, 0) is 10.0 Å². The first-order valence-corrected chi connectivity index (χ1v) is 7.44. The van der Waals surface area contributed by atoms with E-state index in [2.05, 4.69) is 5.32 Å². The van der Waals surface area contributed by atoms with Crippen LogP contribution < -0.4 is 15.2 Å². The third-order valence-electron chi connectivity index (χ3n) is 2.54. The molecule has 0 radical (unpaired) electrons. The molecule has 0 heterocycles. The number of hydrogen-bond donors (Lipinski definition) is 2. The highest BCUT2D eigenvalue weighted by molar-refractivity contribution is 7.89. The SMILES string of the molecule is CCCNC(=O)c1cc([N+](=O)[O-])c(OC)c(S(N)(=O)=O)c1. The molecule has 0 bridgehead atoms. The third-order valence-corrected chi connectivity index (χ3v) is 3.46. The van der Waals surface area contributed by atoms with Gasteiger partial charge in [-0.05, 0) is 12.5 Å². The Hall–Kier alpha value is -2.20. The molecule has 10 heteroatoms. The van der Waals surface area contributed by atoms with Crippen molar-refractivity contribution in [1.29, 1.82) is 0 Å². The van der Waals surface area contributed by atoms with Crippen molar-refractivity contribution in [3.8, 4) is 5.75 Å². The van der Waals surface area contributed by atoms with Crippen molar-refractivity contribution in [3.63, 3.8) is 0 Å². The van der Waals surface area contributed by atoms with Crippen LogP contribution in [0.1, 0.15) is 23.7 Å². The minimum Gasteiger partial charge on any atom is -0.489 e. The van der Waals surface area contributed by atoms with Gasteiger partial charge in [0.1, 0.15) is 4.90 Å². The molecule has 9 nitrogen and oxygen atoms in total. The fraction of sp³-hybridized carbons (Fsp3) is 0.364. The molecule has 1 rings (SSSR count). The monoisotopic (exact) mass is 317 g/mol. The summed E-state index contributed by atoms with van der Waals surface area (Å²) >= 11 is 0. The van der Waals surface area contributed by atoms with Gasteiger partial charge in [-0.15, -0.1) is 0 Å². The van der Waals surface area contributed by atoms with Crippen LogP contribution in [0.5, 0.6) is 5.75 Å². The van der Waals surface area contributed by atoms with Gasteiger partial charge in [0, 0.05) is 18.2 Å². The van der Waals surface area contributed by atoms with Crippen LogP contribution in [0.2, 0.25) is 0 Å². The number of carbonyl (C=O) groups is 1. The molecular formula is C11H15N3O6S. The number of amides is 1. The molecule has 0 saturated carbocycles. The minimum atomic E-state index is -4.29. The summed E-state index contributed by atoms with van der Waals surface area (Å²) in [6.45, 7) is 2.18. The number of primary sulfonamides is 1. The van der Waals surface area contributed by atoms with Gasteiger partial charge in [0.05, 0.1) is 12.0 Å². The maximum atomic E-state index is 11.8. The van der Waals surface area contributed by atoms with Gasteiger partial charge in [0.2, 0.25) is 15.8 Å². The number of methoxy groups -OCH3 is 1.